The molecule has 0 unspecified atom stereocenters. The third-order valence-electron chi connectivity index (χ3n) is 5.54. The van der Waals surface area contributed by atoms with Crippen LogP contribution in [0.4, 0.5) is 5.69 Å². The molecule has 1 N–H and O–H groups in total. The van der Waals surface area contributed by atoms with Crippen LogP contribution in [0.2, 0.25) is 0 Å². The number of carbonyl (C=O) groups is 2. The third-order valence-corrected chi connectivity index (χ3v) is 5.54. The molecule has 2 amide bonds. The van der Waals surface area contributed by atoms with Gasteiger partial charge < -0.3 is 15.0 Å². The summed E-state index contributed by atoms with van der Waals surface area (Å²) in [6.45, 7) is 0.941. The van der Waals surface area contributed by atoms with Gasteiger partial charge in [0, 0.05) is 19.3 Å². The SMILES string of the molecule is COCCC(=O)N1CC[C@]2(C(=O)Nc3ccccc32)[C@@H]1c1ccccc1. The molecule has 2 heterocycles. The van der Waals surface area contributed by atoms with Crippen molar-refractivity contribution in [3.05, 3.63) is 65.7 Å². The van der Waals surface area contributed by atoms with Crippen LogP contribution in [-0.4, -0.2) is 37.0 Å². The molecule has 2 atom stereocenters. The maximum absolute atomic E-state index is 13.1. The van der Waals surface area contributed by atoms with E-state index in [4.69, 9.17) is 4.74 Å². The van der Waals surface area contributed by atoms with Gasteiger partial charge in [0.15, 0.2) is 0 Å². The molecule has 4 rings (SSSR count). The molecule has 1 fully saturated rings. The molecule has 0 aromatic heterocycles. The monoisotopic (exact) mass is 350 g/mol. The van der Waals surface area contributed by atoms with Gasteiger partial charge >= 0.3 is 0 Å². The molecule has 0 aliphatic carbocycles. The largest absolute Gasteiger partial charge is 0.384 e. The highest BCUT2D eigenvalue weighted by Crippen LogP contribution is 2.54. The first-order valence-corrected chi connectivity index (χ1v) is 8.93. The van der Waals surface area contributed by atoms with Crippen LogP contribution in [-0.2, 0) is 19.7 Å². The fraction of sp³-hybridized carbons (Fsp3) is 0.333. The van der Waals surface area contributed by atoms with E-state index in [0.29, 0.717) is 26.0 Å². The second kappa shape index (κ2) is 6.57. The Morgan fingerprint density at radius 2 is 1.92 bits per heavy atom. The number of rotatable bonds is 4. The van der Waals surface area contributed by atoms with E-state index in [1.807, 2.05) is 59.5 Å². The Labute approximate surface area is 153 Å². The Kier molecular flexibility index (Phi) is 4.24. The van der Waals surface area contributed by atoms with Gasteiger partial charge in [-0.1, -0.05) is 48.5 Å². The third kappa shape index (κ3) is 2.42. The normalized spacial score (nSPS) is 24.0. The van der Waals surface area contributed by atoms with Crippen LogP contribution in [0.25, 0.3) is 0 Å². The maximum Gasteiger partial charge on any atom is 0.237 e. The molecule has 26 heavy (non-hydrogen) atoms. The number of hydrogen-bond acceptors (Lipinski definition) is 3. The number of likely N-dealkylation sites (tertiary alicyclic amines) is 1. The minimum atomic E-state index is -0.735. The molecule has 5 nitrogen and oxygen atoms in total. The summed E-state index contributed by atoms with van der Waals surface area (Å²) in [5.74, 6) is 0.00403. The molecule has 134 valence electrons. The van der Waals surface area contributed by atoms with Crippen LogP contribution in [0, 0.1) is 0 Å². The number of carbonyl (C=O) groups excluding carboxylic acids is 2. The predicted octanol–water partition coefficient (Wildman–Crippen LogP) is 2.89. The summed E-state index contributed by atoms with van der Waals surface area (Å²) >= 11 is 0. The first kappa shape index (κ1) is 16.8. The van der Waals surface area contributed by atoms with E-state index < -0.39 is 5.41 Å². The molecule has 1 spiro atoms. The topological polar surface area (TPSA) is 58.6 Å². The zero-order chi connectivity index (χ0) is 18.1. The molecule has 0 saturated carbocycles. The number of fused-ring (bicyclic) bond motifs is 2. The predicted molar refractivity (Wildman–Crippen MR) is 98.8 cm³/mol. The van der Waals surface area contributed by atoms with E-state index in [2.05, 4.69) is 5.32 Å². The second-order valence-corrected chi connectivity index (χ2v) is 6.86. The highest BCUT2D eigenvalue weighted by atomic mass is 16.5. The van der Waals surface area contributed by atoms with Crippen molar-refractivity contribution in [2.75, 3.05) is 25.6 Å². The van der Waals surface area contributed by atoms with E-state index in [0.717, 1.165) is 16.8 Å². The Morgan fingerprint density at radius 1 is 1.19 bits per heavy atom. The van der Waals surface area contributed by atoms with Gasteiger partial charge in [-0.25, -0.2) is 0 Å². The first-order chi connectivity index (χ1) is 12.7. The lowest BCUT2D eigenvalue weighted by Gasteiger charge is -2.34. The fourth-order valence-corrected chi connectivity index (χ4v) is 4.39. The van der Waals surface area contributed by atoms with Gasteiger partial charge in [-0.2, -0.15) is 0 Å². The Bertz CT molecular complexity index is 836. The molecule has 0 radical (unpaired) electrons. The van der Waals surface area contributed by atoms with Crippen molar-refractivity contribution in [1.29, 1.82) is 0 Å². The molecule has 5 heteroatoms. The number of anilines is 1. The minimum Gasteiger partial charge on any atom is -0.384 e. The quantitative estimate of drug-likeness (QED) is 0.922. The molecule has 2 aromatic rings. The van der Waals surface area contributed by atoms with Gasteiger partial charge in [0.1, 0.15) is 5.41 Å². The van der Waals surface area contributed by atoms with Gasteiger partial charge in [-0.15, -0.1) is 0 Å². The molecule has 2 aliphatic heterocycles. The van der Waals surface area contributed by atoms with Crippen LogP contribution in [0.5, 0.6) is 0 Å². The summed E-state index contributed by atoms with van der Waals surface area (Å²) in [6.07, 6.45) is 0.938. The highest BCUT2D eigenvalue weighted by molar-refractivity contribution is 6.07. The van der Waals surface area contributed by atoms with E-state index in [1.165, 1.54) is 0 Å². The number of para-hydroxylation sites is 1. The van der Waals surface area contributed by atoms with Crippen molar-refractivity contribution in [3.63, 3.8) is 0 Å². The lowest BCUT2D eigenvalue weighted by molar-refractivity contribution is -0.134. The number of ether oxygens (including phenoxy) is 1. The molecular weight excluding hydrogens is 328 g/mol. The number of methoxy groups -OCH3 is 1. The average Bonchev–Trinajstić information content (AvgIpc) is 3.21. The van der Waals surface area contributed by atoms with Crippen molar-refractivity contribution in [2.45, 2.75) is 24.3 Å². The minimum absolute atomic E-state index is 0.0189. The number of amides is 2. The summed E-state index contributed by atoms with van der Waals surface area (Å²) in [5.41, 5.74) is 2.09. The van der Waals surface area contributed by atoms with Crippen molar-refractivity contribution in [1.82, 2.24) is 4.90 Å². The van der Waals surface area contributed by atoms with Crippen molar-refractivity contribution >= 4 is 17.5 Å². The van der Waals surface area contributed by atoms with Crippen LogP contribution in [0.15, 0.2) is 54.6 Å². The number of nitrogens with one attached hydrogen (secondary N) is 1. The van der Waals surface area contributed by atoms with Crippen LogP contribution in [0.1, 0.15) is 30.0 Å². The highest BCUT2D eigenvalue weighted by Gasteiger charge is 2.59. The standard InChI is InChI=1S/C21H22N2O3/c1-26-14-11-18(24)23-13-12-21(19(23)15-7-3-2-4-8-15)16-9-5-6-10-17(16)22-20(21)25/h2-10,19H,11-14H2,1H3,(H,22,25)/t19-,21+/m0/s1. The van der Waals surface area contributed by atoms with Gasteiger partial charge in [0.2, 0.25) is 11.8 Å². The van der Waals surface area contributed by atoms with E-state index in [9.17, 15) is 9.59 Å². The summed E-state index contributed by atoms with van der Waals surface area (Å²) < 4.78 is 5.08. The van der Waals surface area contributed by atoms with E-state index in [1.54, 1.807) is 7.11 Å². The van der Waals surface area contributed by atoms with Gasteiger partial charge in [-0.3, -0.25) is 9.59 Å². The van der Waals surface area contributed by atoms with Crippen molar-refractivity contribution in [2.24, 2.45) is 0 Å². The second-order valence-electron chi connectivity index (χ2n) is 6.86. The molecule has 2 aliphatic rings. The molecular formula is C21H22N2O3. The van der Waals surface area contributed by atoms with Crippen molar-refractivity contribution < 1.29 is 14.3 Å². The Morgan fingerprint density at radius 3 is 2.69 bits per heavy atom. The summed E-state index contributed by atoms with van der Waals surface area (Å²) in [5, 5.41) is 3.03. The van der Waals surface area contributed by atoms with Crippen molar-refractivity contribution in [3.8, 4) is 0 Å². The fourth-order valence-electron chi connectivity index (χ4n) is 4.39. The molecule has 1 saturated heterocycles. The molecule has 2 aromatic carbocycles. The van der Waals surface area contributed by atoms with Gasteiger partial charge in [0.05, 0.1) is 19.1 Å². The summed E-state index contributed by atoms with van der Waals surface area (Å²) in [7, 11) is 1.59. The first-order valence-electron chi connectivity index (χ1n) is 8.93. The van der Waals surface area contributed by atoms with Gasteiger partial charge in [-0.05, 0) is 23.6 Å². The Hall–Kier alpha value is -2.66. The van der Waals surface area contributed by atoms with Crippen LogP contribution in [0.3, 0.4) is 0 Å². The number of hydrogen-bond donors (Lipinski definition) is 1. The number of benzene rings is 2. The van der Waals surface area contributed by atoms with E-state index >= 15 is 0 Å². The Balaban J connectivity index is 1.82. The van der Waals surface area contributed by atoms with Gasteiger partial charge in [0.25, 0.3) is 0 Å². The van der Waals surface area contributed by atoms with E-state index in [-0.39, 0.29) is 17.9 Å². The zero-order valence-corrected chi connectivity index (χ0v) is 14.8. The summed E-state index contributed by atoms with van der Waals surface area (Å²) in [6, 6.07) is 17.4. The smallest absolute Gasteiger partial charge is 0.237 e. The van der Waals surface area contributed by atoms with Crippen LogP contribution < -0.4 is 5.32 Å². The molecule has 0 bridgehead atoms. The lowest BCUT2D eigenvalue weighted by Crippen LogP contribution is -2.42. The average molecular weight is 350 g/mol. The maximum atomic E-state index is 13.1. The van der Waals surface area contributed by atoms with Crippen LogP contribution >= 0.6 is 0 Å². The number of nitrogens with zero attached hydrogens (tertiary/aromatic N) is 1. The lowest BCUT2D eigenvalue weighted by atomic mass is 9.72. The summed E-state index contributed by atoms with van der Waals surface area (Å²) in [4.78, 5) is 27.9. The zero-order valence-electron chi connectivity index (χ0n) is 14.8.